The zero-order chi connectivity index (χ0) is 18.4. The second kappa shape index (κ2) is 6.50. The summed E-state index contributed by atoms with van der Waals surface area (Å²) in [6, 6.07) is 7.94. The lowest BCUT2D eigenvalue weighted by molar-refractivity contribution is -0.138. The van der Waals surface area contributed by atoms with Crippen molar-refractivity contribution in [2.75, 3.05) is 25.3 Å². The smallest absolute Gasteiger partial charge is 0.232 e. The number of fused-ring (bicyclic) bond motifs is 2. The first-order valence-electron chi connectivity index (χ1n) is 9.30. The van der Waals surface area contributed by atoms with Crippen LogP contribution in [0.1, 0.15) is 25.3 Å². The van der Waals surface area contributed by atoms with Gasteiger partial charge >= 0.3 is 0 Å². The van der Waals surface area contributed by atoms with Crippen molar-refractivity contribution in [3.05, 3.63) is 29.8 Å². The summed E-state index contributed by atoms with van der Waals surface area (Å²) in [6.07, 6.45) is 1.94. The van der Waals surface area contributed by atoms with Crippen LogP contribution in [0, 0.1) is 23.7 Å². The summed E-state index contributed by atoms with van der Waals surface area (Å²) in [5.41, 5.74) is 2.04. The number of nitrogens with zero attached hydrogens (tertiary/aromatic N) is 2. The number of ether oxygens (including phenoxy) is 1. The molecule has 0 N–H and O–H groups in total. The predicted octanol–water partition coefficient (Wildman–Crippen LogP) is 1.83. The van der Waals surface area contributed by atoms with Gasteiger partial charge < -0.3 is 4.74 Å². The van der Waals surface area contributed by atoms with Gasteiger partial charge in [0.05, 0.1) is 18.4 Å². The van der Waals surface area contributed by atoms with Crippen LogP contribution in [0.5, 0.6) is 0 Å². The number of hydrogen-bond acceptors (Lipinski definition) is 4. The maximum atomic E-state index is 13.2. The van der Waals surface area contributed by atoms with Gasteiger partial charge in [-0.1, -0.05) is 19.1 Å². The molecular weight excluding hydrogens is 332 g/mol. The van der Waals surface area contributed by atoms with E-state index >= 15 is 0 Å². The fraction of sp³-hybridized carbons (Fsp3) is 0.550. The highest BCUT2D eigenvalue weighted by Crippen LogP contribution is 2.45. The molecule has 3 fully saturated rings. The summed E-state index contributed by atoms with van der Waals surface area (Å²) in [5.74, 6) is -1.18. The second-order valence-electron chi connectivity index (χ2n) is 7.57. The van der Waals surface area contributed by atoms with Crippen molar-refractivity contribution in [2.45, 2.75) is 26.2 Å². The summed E-state index contributed by atoms with van der Waals surface area (Å²) in [7, 11) is 1.54. The van der Waals surface area contributed by atoms with Crippen LogP contribution in [-0.4, -0.2) is 43.0 Å². The maximum absolute atomic E-state index is 13.2. The Kier molecular flexibility index (Phi) is 4.31. The van der Waals surface area contributed by atoms with Crippen molar-refractivity contribution in [3.63, 3.8) is 0 Å². The van der Waals surface area contributed by atoms with Gasteiger partial charge in [-0.15, -0.1) is 0 Å². The number of anilines is 1. The van der Waals surface area contributed by atoms with E-state index in [0.29, 0.717) is 19.4 Å². The van der Waals surface area contributed by atoms with Crippen molar-refractivity contribution in [2.24, 2.45) is 23.7 Å². The first-order chi connectivity index (χ1) is 12.5. The topological polar surface area (TPSA) is 66.9 Å². The summed E-state index contributed by atoms with van der Waals surface area (Å²) in [5, 5.41) is 0. The van der Waals surface area contributed by atoms with Crippen LogP contribution in [-0.2, 0) is 25.5 Å². The van der Waals surface area contributed by atoms with Gasteiger partial charge in [-0.25, -0.2) is 0 Å². The van der Waals surface area contributed by atoms with Gasteiger partial charge in [0.25, 0.3) is 0 Å². The molecule has 6 heteroatoms. The molecule has 1 aromatic rings. The Balaban J connectivity index is 1.59. The quantitative estimate of drug-likeness (QED) is 0.758. The third-order valence-corrected chi connectivity index (χ3v) is 6.21. The molecule has 1 saturated carbocycles. The Labute approximate surface area is 153 Å². The molecular formula is C20H24N2O4. The molecule has 2 aliphatic heterocycles. The van der Waals surface area contributed by atoms with Gasteiger partial charge in [0, 0.05) is 18.7 Å². The van der Waals surface area contributed by atoms with E-state index in [4.69, 9.17) is 4.74 Å². The maximum Gasteiger partial charge on any atom is 0.232 e. The second-order valence-corrected chi connectivity index (χ2v) is 7.57. The van der Waals surface area contributed by atoms with Gasteiger partial charge in [0.2, 0.25) is 17.7 Å². The highest BCUT2D eigenvalue weighted by atomic mass is 16.5. The molecule has 1 aromatic carbocycles. The Morgan fingerprint density at radius 1 is 0.962 bits per heavy atom. The van der Waals surface area contributed by atoms with Crippen molar-refractivity contribution in [1.29, 1.82) is 0 Å². The van der Waals surface area contributed by atoms with Crippen molar-refractivity contribution < 1.29 is 19.1 Å². The lowest BCUT2D eigenvalue weighted by Crippen LogP contribution is -2.43. The Hall–Kier alpha value is -2.21. The minimum atomic E-state index is -0.361. The van der Waals surface area contributed by atoms with E-state index in [1.165, 1.54) is 10.5 Å². The van der Waals surface area contributed by atoms with Crippen molar-refractivity contribution in [3.8, 4) is 0 Å². The van der Waals surface area contributed by atoms with Crippen molar-refractivity contribution >= 4 is 23.4 Å². The van der Waals surface area contributed by atoms with E-state index in [1.807, 2.05) is 24.3 Å². The minimum absolute atomic E-state index is 0.00463. The molecule has 4 atom stereocenters. The molecule has 3 amide bonds. The summed E-state index contributed by atoms with van der Waals surface area (Å²) < 4.78 is 5.79. The largest absolute Gasteiger partial charge is 0.360 e. The fourth-order valence-corrected chi connectivity index (χ4v) is 4.60. The average Bonchev–Trinajstić information content (AvgIpc) is 2.80. The van der Waals surface area contributed by atoms with E-state index in [2.05, 4.69) is 6.92 Å². The third-order valence-electron chi connectivity index (χ3n) is 6.21. The highest BCUT2D eigenvalue weighted by molar-refractivity contribution is 6.05. The van der Waals surface area contributed by atoms with Crippen LogP contribution < -0.4 is 4.90 Å². The van der Waals surface area contributed by atoms with Gasteiger partial charge in [0.15, 0.2) is 0 Å². The number of carbonyl (C=O) groups is 3. The molecule has 0 spiro atoms. The van der Waals surface area contributed by atoms with Crippen LogP contribution >= 0.6 is 0 Å². The average molecular weight is 356 g/mol. The molecule has 26 heavy (non-hydrogen) atoms. The molecule has 4 unspecified atom stereocenters. The SMILES string of the molecule is CCc1ccc(N2COCC3CC4C(=O)N(C)C(=O)C4CC3C2=O)cc1. The molecule has 2 saturated heterocycles. The zero-order valence-corrected chi connectivity index (χ0v) is 15.2. The van der Waals surface area contributed by atoms with E-state index in [0.717, 1.165) is 12.1 Å². The molecule has 6 nitrogen and oxygen atoms in total. The molecule has 138 valence electrons. The number of likely N-dealkylation sites (tertiary alicyclic amines) is 1. The lowest BCUT2D eigenvalue weighted by Gasteiger charge is -2.34. The molecule has 3 aliphatic rings. The Morgan fingerprint density at radius 3 is 2.27 bits per heavy atom. The Bertz CT molecular complexity index is 745. The molecule has 4 rings (SSSR count). The first kappa shape index (κ1) is 17.2. The van der Waals surface area contributed by atoms with Crippen LogP contribution in [0.4, 0.5) is 5.69 Å². The monoisotopic (exact) mass is 356 g/mol. The standard InChI is InChI=1S/C20H24N2O4/c1-3-12-4-6-14(7-5-12)22-11-26-10-13-8-16-17(9-15(13)20(22)25)19(24)21(2)18(16)23/h4-7,13,15-17H,3,8-11H2,1-2H3. The summed E-state index contributed by atoms with van der Waals surface area (Å²) in [6.45, 7) is 2.76. The molecule has 2 heterocycles. The van der Waals surface area contributed by atoms with Gasteiger partial charge in [-0.05, 0) is 42.9 Å². The van der Waals surface area contributed by atoms with E-state index in [9.17, 15) is 14.4 Å². The summed E-state index contributed by atoms with van der Waals surface area (Å²) >= 11 is 0. The molecule has 0 aromatic heterocycles. The molecule has 0 bridgehead atoms. The number of imide groups is 1. The van der Waals surface area contributed by atoms with E-state index in [1.54, 1.807) is 11.9 Å². The zero-order valence-electron chi connectivity index (χ0n) is 15.2. The number of carbonyl (C=O) groups excluding carboxylic acids is 3. The normalized spacial score (nSPS) is 31.7. The van der Waals surface area contributed by atoms with Crippen LogP contribution in [0.2, 0.25) is 0 Å². The van der Waals surface area contributed by atoms with E-state index < -0.39 is 0 Å². The van der Waals surface area contributed by atoms with Gasteiger partial charge in [-0.3, -0.25) is 24.2 Å². The van der Waals surface area contributed by atoms with Gasteiger partial charge in [-0.2, -0.15) is 0 Å². The lowest BCUT2D eigenvalue weighted by atomic mass is 9.69. The minimum Gasteiger partial charge on any atom is -0.360 e. The number of aryl methyl sites for hydroxylation is 1. The van der Waals surface area contributed by atoms with Crippen molar-refractivity contribution in [1.82, 2.24) is 4.90 Å². The summed E-state index contributed by atoms with van der Waals surface area (Å²) in [4.78, 5) is 40.8. The van der Waals surface area contributed by atoms with Crippen LogP contribution in [0.15, 0.2) is 24.3 Å². The molecule has 0 radical (unpaired) electrons. The van der Waals surface area contributed by atoms with Crippen LogP contribution in [0.3, 0.4) is 0 Å². The third kappa shape index (κ3) is 2.63. The first-order valence-corrected chi connectivity index (χ1v) is 9.30. The predicted molar refractivity (Wildman–Crippen MR) is 95.1 cm³/mol. The Morgan fingerprint density at radius 2 is 1.62 bits per heavy atom. The number of rotatable bonds is 2. The number of amides is 3. The number of benzene rings is 1. The van der Waals surface area contributed by atoms with E-state index in [-0.39, 0.29) is 48.1 Å². The molecule has 1 aliphatic carbocycles. The fourth-order valence-electron chi connectivity index (χ4n) is 4.60. The van der Waals surface area contributed by atoms with Crippen LogP contribution in [0.25, 0.3) is 0 Å². The highest BCUT2D eigenvalue weighted by Gasteiger charge is 2.53. The number of hydrogen-bond donors (Lipinski definition) is 0. The van der Waals surface area contributed by atoms with Gasteiger partial charge in [0.1, 0.15) is 6.73 Å².